The highest BCUT2D eigenvalue weighted by Gasteiger charge is 2.29. The number of aromatic carboxylic acids is 1. The predicted molar refractivity (Wildman–Crippen MR) is 86.0 cm³/mol. The lowest BCUT2D eigenvalue weighted by molar-refractivity contribution is 0.0696. The van der Waals surface area contributed by atoms with Gasteiger partial charge in [0.15, 0.2) is 5.82 Å². The zero-order valence-electron chi connectivity index (χ0n) is 12.4. The minimum absolute atomic E-state index is 0.0799. The first-order valence-electron chi connectivity index (χ1n) is 7.17. The molecule has 0 radical (unpaired) electrons. The molecule has 0 aliphatic carbocycles. The number of fused-ring (bicyclic) bond motifs is 1. The van der Waals surface area contributed by atoms with Gasteiger partial charge in [-0.2, -0.15) is 0 Å². The highest BCUT2D eigenvalue weighted by atomic mass is 32.1. The number of anilines is 1. The monoisotopic (exact) mass is 356 g/mol. The molecule has 128 valence electrons. The zero-order valence-corrected chi connectivity index (χ0v) is 13.2. The third-order valence-corrected chi connectivity index (χ3v) is 4.94. The topological polar surface area (TPSA) is 92.9 Å². The molecule has 1 saturated heterocycles. The van der Waals surface area contributed by atoms with Gasteiger partial charge in [0.25, 0.3) is 0 Å². The molecule has 9 heteroatoms. The molecule has 2 heterocycles. The van der Waals surface area contributed by atoms with Gasteiger partial charge in [-0.25, -0.2) is 13.6 Å². The van der Waals surface area contributed by atoms with E-state index in [0.717, 1.165) is 22.8 Å². The van der Waals surface area contributed by atoms with Crippen molar-refractivity contribution in [1.82, 2.24) is 0 Å². The zero-order chi connectivity index (χ0) is 17.4. The molecule has 2 aromatic rings. The molecule has 1 aliphatic heterocycles. The Kier molecular flexibility index (Phi) is 4.48. The molecule has 24 heavy (non-hydrogen) atoms. The van der Waals surface area contributed by atoms with Crippen LogP contribution in [0.15, 0.2) is 16.2 Å². The van der Waals surface area contributed by atoms with Crippen molar-refractivity contribution >= 4 is 33.1 Å². The van der Waals surface area contributed by atoms with Gasteiger partial charge in [-0.15, -0.1) is 11.3 Å². The van der Waals surface area contributed by atoms with Crippen LogP contribution in [0.3, 0.4) is 0 Å². The maximum absolute atomic E-state index is 14.9. The van der Waals surface area contributed by atoms with Gasteiger partial charge >= 0.3 is 5.97 Å². The molecule has 3 rings (SSSR count). The minimum atomic E-state index is -1.43. The van der Waals surface area contributed by atoms with Gasteiger partial charge in [-0.05, 0) is 6.07 Å². The second-order valence-corrected chi connectivity index (χ2v) is 6.22. The second-order valence-electron chi connectivity index (χ2n) is 5.34. The molecule has 1 aromatic heterocycles. The van der Waals surface area contributed by atoms with E-state index < -0.39 is 28.6 Å². The largest absolute Gasteiger partial charge is 0.478 e. The standard InChI is InChI=1S/C15H14F2N2O4S/c16-10-3-8-13(20)9(15(21)22)6-24-14(8)11(17)12(10)19-1-2-23-5-7(19)4-18/h3,6-7H,1-2,4-5,18H2,(H,21,22). The summed E-state index contributed by atoms with van der Waals surface area (Å²) in [5.74, 6) is -3.24. The number of nitrogens with two attached hydrogens (primary N) is 1. The molecule has 1 atom stereocenters. The molecule has 6 nitrogen and oxygen atoms in total. The number of rotatable bonds is 3. The number of benzene rings is 1. The van der Waals surface area contributed by atoms with E-state index in [1.807, 2.05) is 0 Å². The van der Waals surface area contributed by atoms with Crippen molar-refractivity contribution in [2.75, 3.05) is 31.2 Å². The average molecular weight is 356 g/mol. The van der Waals surface area contributed by atoms with Gasteiger partial charge in [0.05, 0.1) is 24.0 Å². The number of hydrogen-bond acceptors (Lipinski definition) is 6. The highest BCUT2D eigenvalue weighted by molar-refractivity contribution is 7.16. The fourth-order valence-corrected chi connectivity index (χ4v) is 3.67. The molecule has 0 bridgehead atoms. The van der Waals surface area contributed by atoms with E-state index in [4.69, 9.17) is 15.6 Å². The van der Waals surface area contributed by atoms with Gasteiger partial charge in [-0.1, -0.05) is 0 Å². The fraction of sp³-hybridized carbons (Fsp3) is 0.333. The number of halogens is 2. The molecule has 1 aliphatic rings. The van der Waals surface area contributed by atoms with E-state index in [1.54, 1.807) is 0 Å². The second kappa shape index (κ2) is 6.42. The van der Waals surface area contributed by atoms with Gasteiger partial charge in [0.1, 0.15) is 17.1 Å². The van der Waals surface area contributed by atoms with Crippen LogP contribution >= 0.6 is 11.3 Å². The van der Waals surface area contributed by atoms with Crippen molar-refractivity contribution in [2.24, 2.45) is 5.73 Å². The Morgan fingerprint density at radius 2 is 2.25 bits per heavy atom. The maximum Gasteiger partial charge on any atom is 0.340 e. The van der Waals surface area contributed by atoms with E-state index in [-0.39, 0.29) is 41.5 Å². The molecule has 1 fully saturated rings. The number of carboxylic acid groups (broad SMARTS) is 1. The van der Waals surface area contributed by atoms with Crippen molar-refractivity contribution in [3.63, 3.8) is 0 Å². The van der Waals surface area contributed by atoms with E-state index in [1.165, 1.54) is 4.90 Å². The maximum atomic E-state index is 14.9. The number of ether oxygens (including phenoxy) is 1. The van der Waals surface area contributed by atoms with E-state index >= 15 is 0 Å². The molecule has 0 spiro atoms. The summed E-state index contributed by atoms with van der Waals surface area (Å²) in [6.07, 6.45) is 0. The Morgan fingerprint density at radius 1 is 1.50 bits per heavy atom. The number of carbonyl (C=O) groups is 1. The van der Waals surface area contributed by atoms with Crippen molar-refractivity contribution in [3.05, 3.63) is 38.9 Å². The molecule has 0 saturated carbocycles. The van der Waals surface area contributed by atoms with Crippen molar-refractivity contribution in [2.45, 2.75) is 6.04 Å². The van der Waals surface area contributed by atoms with Crippen LogP contribution < -0.4 is 16.1 Å². The number of hydrogen-bond donors (Lipinski definition) is 2. The van der Waals surface area contributed by atoms with Crippen LogP contribution in [-0.4, -0.2) is 43.4 Å². The minimum Gasteiger partial charge on any atom is -0.478 e. The summed E-state index contributed by atoms with van der Waals surface area (Å²) < 4.78 is 34.6. The first kappa shape index (κ1) is 16.7. The van der Waals surface area contributed by atoms with Crippen molar-refractivity contribution < 1.29 is 23.4 Å². The Hall–Kier alpha value is -2.10. The third-order valence-electron chi connectivity index (χ3n) is 3.95. The summed E-state index contributed by atoms with van der Waals surface area (Å²) in [6.45, 7) is 0.984. The number of morpholine rings is 1. The Balaban J connectivity index is 2.22. The summed E-state index contributed by atoms with van der Waals surface area (Å²) >= 11 is 0.757. The molecule has 0 amide bonds. The molecule has 1 aromatic carbocycles. The van der Waals surface area contributed by atoms with Crippen LogP contribution in [0.25, 0.3) is 10.1 Å². The lowest BCUT2D eigenvalue weighted by atomic mass is 10.1. The quantitative estimate of drug-likeness (QED) is 0.864. The Morgan fingerprint density at radius 3 is 2.92 bits per heavy atom. The van der Waals surface area contributed by atoms with Crippen LogP contribution in [0.1, 0.15) is 10.4 Å². The van der Waals surface area contributed by atoms with Crippen molar-refractivity contribution in [3.8, 4) is 0 Å². The van der Waals surface area contributed by atoms with Crippen molar-refractivity contribution in [1.29, 1.82) is 0 Å². The molecule has 1 unspecified atom stereocenters. The smallest absolute Gasteiger partial charge is 0.340 e. The van der Waals surface area contributed by atoms with Crippen LogP contribution in [-0.2, 0) is 4.74 Å². The Bertz CT molecular complexity index is 871. The van der Waals surface area contributed by atoms with E-state index in [9.17, 15) is 18.4 Å². The van der Waals surface area contributed by atoms with Crippen LogP contribution in [0.5, 0.6) is 0 Å². The normalized spacial score (nSPS) is 18.1. The van der Waals surface area contributed by atoms with Crippen LogP contribution in [0, 0.1) is 11.6 Å². The summed E-state index contributed by atoms with van der Waals surface area (Å²) in [5, 5.41) is 9.76. The van der Waals surface area contributed by atoms with Gasteiger partial charge < -0.3 is 20.5 Å². The van der Waals surface area contributed by atoms with Gasteiger partial charge in [0, 0.05) is 23.9 Å². The lowest BCUT2D eigenvalue weighted by Crippen LogP contribution is -2.50. The summed E-state index contributed by atoms with van der Waals surface area (Å²) in [4.78, 5) is 24.6. The molecular weight excluding hydrogens is 342 g/mol. The van der Waals surface area contributed by atoms with Crippen LogP contribution in [0.2, 0.25) is 0 Å². The number of carboxylic acids is 1. The fourth-order valence-electron chi connectivity index (χ4n) is 2.75. The van der Waals surface area contributed by atoms with E-state index in [0.29, 0.717) is 6.61 Å². The highest BCUT2D eigenvalue weighted by Crippen LogP contribution is 2.33. The SMILES string of the molecule is NCC1COCCN1c1c(F)cc2c(=O)c(C(=O)O)csc2c1F. The lowest BCUT2D eigenvalue weighted by Gasteiger charge is -2.37. The average Bonchev–Trinajstić information content (AvgIpc) is 2.56. The first-order chi connectivity index (χ1) is 11.5. The number of nitrogens with zero attached hydrogens (tertiary/aromatic N) is 1. The summed E-state index contributed by atoms with van der Waals surface area (Å²) in [7, 11) is 0. The Labute approximate surface area is 139 Å². The molecular formula is C15H14F2N2O4S. The molecule has 3 N–H and O–H groups in total. The predicted octanol–water partition coefficient (Wildman–Crippen LogP) is 1.40. The first-order valence-corrected chi connectivity index (χ1v) is 8.05. The van der Waals surface area contributed by atoms with Gasteiger partial charge in [-0.3, -0.25) is 4.79 Å². The summed E-state index contributed by atoms with van der Waals surface area (Å²) in [6, 6.07) is 0.512. The van der Waals surface area contributed by atoms with Gasteiger partial charge in [0.2, 0.25) is 5.43 Å². The van der Waals surface area contributed by atoms with E-state index in [2.05, 4.69) is 0 Å². The van der Waals surface area contributed by atoms with Crippen LogP contribution in [0.4, 0.5) is 14.5 Å². The third kappa shape index (κ3) is 2.64. The summed E-state index contributed by atoms with van der Waals surface area (Å²) in [5.41, 5.74) is 3.96.